The summed E-state index contributed by atoms with van der Waals surface area (Å²) in [6, 6.07) is 15.3. The smallest absolute Gasteiger partial charge is 0.0389 e. The van der Waals surface area contributed by atoms with Crippen molar-refractivity contribution >= 4 is 11.8 Å². The fraction of sp³-hybridized carbons (Fsp3) is 0.333. The molecule has 0 amide bonds. The predicted octanol–water partition coefficient (Wildman–Crippen LogP) is 4.55. The molecule has 0 aliphatic heterocycles. The molecule has 0 aromatic heterocycles. The van der Waals surface area contributed by atoms with Gasteiger partial charge in [-0.1, -0.05) is 53.6 Å². The van der Waals surface area contributed by atoms with E-state index >= 15 is 0 Å². The molecule has 2 heteroatoms. The van der Waals surface area contributed by atoms with Gasteiger partial charge in [0.1, 0.15) is 0 Å². The Morgan fingerprint density at radius 1 is 1.00 bits per heavy atom. The van der Waals surface area contributed by atoms with Gasteiger partial charge in [0.25, 0.3) is 0 Å². The van der Waals surface area contributed by atoms with Crippen molar-refractivity contribution in [1.82, 2.24) is 0 Å². The lowest BCUT2D eigenvalue weighted by Gasteiger charge is -2.15. The Labute approximate surface area is 126 Å². The van der Waals surface area contributed by atoms with Crippen molar-refractivity contribution in [2.45, 2.75) is 32.6 Å². The highest BCUT2D eigenvalue weighted by atomic mass is 32.2. The zero-order valence-corrected chi connectivity index (χ0v) is 13.3. The second-order valence-electron chi connectivity index (χ2n) is 5.47. The Balaban J connectivity index is 1.92. The van der Waals surface area contributed by atoms with Gasteiger partial charge in [0.2, 0.25) is 0 Å². The summed E-state index contributed by atoms with van der Waals surface area (Å²) in [6.07, 6.45) is 0. The van der Waals surface area contributed by atoms with Crippen LogP contribution in [-0.4, -0.2) is 5.75 Å². The maximum atomic E-state index is 6.34. The van der Waals surface area contributed by atoms with Crippen LogP contribution in [0.2, 0.25) is 0 Å². The number of thioether (sulfide) groups is 1. The number of hydrogen-bond acceptors (Lipinski definition) is 2. The molecule has 2 aromatic rings. The van der Waals surface area contributed by atoms with E-state index in [0.717, 1.165) is 11.5 Å². The van der Waals surface area contributed by atoms with Gasteiger partial charge in [-0.3, -0.25) is 0 Å². The van der Waals surface area contributed by atoms with Crippen LogP contribution in [-0.2, 0) is 5.75 Å². The van der Waals surface area contributed by atoms with Crippen molar-refractivity contribution in [1.29, 1.82) is 0 Å². The van der Waals surface area contributed by atoms with Gasteiger partial charge < -0.3 is 5.73 Å². The Hall–Kier alpha value is -1.25. The predicted molar refractivity (Wildman–Crippen MR) is 90.2 cm³/mol. The maximum Gasteiger partial charge on any atom is 0.0389 e. The van der Waals surface area contributed by atoms with Crippen LogP contribution in [0.5, 0.6) is 0 Å². The first-order valence-electron chi connectivity index (χ1n) is 7.02. The summed E-state index contributed by atoms with van der Waals surface area (Å²) < 4.78 is 0. The van der Waals surface area contributed by atoms with E-state index in [1.807, 2.05) is 11.8 Å². The molecule has 0 radical (unpaired) electrons. The SMILES string of the molecule is Cc1cccc(CSCC(N)c2cc(C)ccc2C)c1. The van der Waals surface area contributed by atoms with Crippen molar-refractivity contribution in [3.63, 3.8) is 0 Å². The summed E-state index contributed by atoms with van der Waals surface area (Å²) in [5, 5.41) is 0. The van der Waals surface area contributed by atoms with Crippen LogP contribution in [0.25, 0.3) is 0 Å². The summed E-state index contributed by atoms with van der Waals surface area (Å²) >= 11 is 1.91. The first kappa shape index (κ1) is 15.1. The van der Waals surface area contributed by atoms with Crippen LogP contribution in [0.1, 0.15) is 33.9 Å². The van der Waals surface area contributed by atoms with Crippen LogP contribution in [0.3, 0.4) is 0 Å². The van der Waals surface area contributed by atoms with Gasteiger partial charge in [-0.25, -0.2) is 0 Å². The van der Waals surface area contributed by atoms with Gasteiger partial charge in [-0.05, 0) is 37.5 Å². The van der Waals surface area contributed by atoms with Crippen molar-refractivity contribution in [2.24, 2.45) is 5.73 Å². The van der Waals surface area contributed by atoms with Crippen LogP contribution in [0.4, 0.5) is 0 Å². The highest BCUT2D eigenvalue weighted by Gasteiger charge is 2.09. The molecule has 2 aromatic carbocycles. The minimum absolute atomic E-state index is 0.115. The molecule has 1 nitrogen and oxygen atoms in total. The van der Waals surface area contributed by atoms with Gasteiger partial charge in [-0.15, -0.1) is 0 Å². The summed E-state index contributed by atoms with van der Waals surface area (Å²) in [6.45, 7) is 6.39. The van der Waals surface area contributed by atoms with E-state index in [1.165, 1.54) is 27.8 Å². The molecule has 2 N–H and O–H groups in total. The highest BCUT2D eigenvalue weighted by molar-refractivity contribution is 7.98. The summed E-state index contributed by atoms with van der Waals surface area (Å²) in [5.74, 6) is 1.98. The lowest BCUT2D eigenvalue weighted by Crippen LogP contribution is -2.14. The average molecular weight is 285 g/mol. The fourth-order valence-corrected chi connectivity index (χ4v) is 3.32. The molecule has 0 heterocycles. The third-order valence-corrected chi connectivity index (χ3v) is 4.62. The minimum atomic E-state index is 0.115. The molecule has 0 aliphatic carbocycles. The summed E-state index contributed by atoms with van der Waals surface area (Å²) in [5.41, 5.74) is 12.9. The number of nitrogens with two attached hydrogens (primary N) is 1. The fourth-order valence-electron chi connectivity index (χ4n) is 2.35. The van der Waals surface area contributed by atoms with Crippen molar-refractivity contribution in [2.75, 3.05) is 5.75 Å². The van der Waals surface area contributed by atoms with Gasteiger partial charge in [0.15, 0.2) is 0 Å². The standard InChI is InChI=1S/C18H23NS/c1-13-5-4-6-16(9-13)11-20-12-18(19)17-10-14(2)7-8-15(17)3/h4-10,18H,11-12,19H2,1-3H3. The lowest BCUT2D eigenvalue weighted by atomic mass is 10.0. The van der Waals surface area contributed by atoms with Gasteiger partial charge in [0, 0.05) is 17.5 Å². The Morgan fingerprint density at radius 3 is 2.50 bits per heavy atom. The van der Waals surface area contributed by atoms with E-state index in [9.17, 15) is 0 Å². The van der Waals surface area contributed by atoms with E-state index in [-0.39, 0.29) is 6.04 Å². The van der Waals surface area contributed by atoms with Crippen molar-refractivity contribution < 1.29 is 0 Å². The highest BCUT2D eigenvalue weighted by Crippen LogP contribution is 2.23. The van der Waals surface area contributed by atoms with Crippen LogP contribution in [0, 0.1) is 20.8 Å². The topological polar surface area (TPSA) is 26.0 Å². The average Bonchev–Trinajstić information content (AvgIpc) is 2.41. The number of benzene rings is 2. The molecule has 0 fully saturated rings. The molecule has 20 heavy (non-hydrogen) atoms. The molecule has 1 atom stereocenters. The lowest BCUT2D eigenvalue weighted by molar-refractivity contribution is 0.821. The van der Waals surface area contributed by atoms with E-state index in [1.54, 1.807) is 0 Å². The van der Waals surface area contributed by atoms with Crippen molar-refractivity contribution in [3.05, 3.63) is 70.3 Å². The van der Waals surface area contributed by atoms with E-state index < -0.39 is 0 Å². The summed E-state index contributed by atoms with van der Waals surface area (Å²) in [4.78, 5) is 0. The Kier molecular flexibility index (Phi) is 5.27. The van der Waals surface area contributed by atoms with Crippen molar-refractivity contribution in [3.8, 4) is 0 Å². The molecule has 1 unspecified atom stereocenters. The molecule has 106 valence electrons. The van der Waals surface area contributed by atoms with E-state index in [0.29, 0.717) is 0 Å². The quantitative estimate of drug-likeness (QED) is 0.872. The molecule has 0 aliphatic rings. The first-order valence-corrected chi connectivity index (χ1v) is 8.18. The first-order chi connectivity index (χ1) is 9.56. The van der Waals surface area contributed by atoms with Crippen LogP contribution >= 0.6 is 11.8 Å². The molecular formula is C18H23NS. The third kappa shape index (κ3) is 4.12. The Morgan fingerprint density at radius 2 is 1.75 bits per heavy atom. The molecule has 0 saturated carbocycles. The number of rotatable bonds is 5. The zero-order valence-electron chi connectivity index (χ0n) is 12.5. The normalized spacial score (nSPS) is 12.4. The van der Waals surface area contributed by atoms with E-state index in [4.69, 9.17) is 5.73 Å². The number of hydrogen-bond donors (Lipinski definition) is 1. The van der Waals surface area contributed by atoms with Gasteiger partial charge in [0.05, 0.1) is 0 Å². The largest absolute Gasteiger partial charge is 0.323 e. The van der Waals surface area contributed by atoms with Crippen LogP contribution in [0.15, 0.2) is 42.5 Å². The monoisotopic (exact) mass is 285 g/mol. The molecule has 2 rings (SSSR count). The van der Waals surface area contributed by atoms with Crippen LogP contribution < -0.4 is 5.73 Å². The van der Waals surface area contributed by atoms with Gasteiger partial charge >= 0.3 is 0 Å². The molecule has 0 bridgehead atoms. The molecule has 0 saturated heterocycles. The minimum Gasteiger partial charge on any atom is -0.323 e. The van der Waals surface area contributed by atoms with Gasteiger partial charge in [-0.2, -0.15) is 11.8 Å². The molecule has 0 spiro atoms. The second kappa shape index (κ2) is 6.96. The second-order valence-corrected chi connectivity index (χ2v) is 6.50. The third-order valence-electron chi connectivity index (χ3n) is 3.48. The van der Waals surface area contributed by atoms with E-state index in [2.05, 4.69) is 63.2 Å². The maximum absolute atomic E-state index is 6.34. The summed E-state index contributed by atoms with van der Waals surface area (Å²) in [7, 11) is 0. The molecular weight excluding hydrogens is 262 g/mol. The number of aryl methyl sites for hydroxylation is 3. The Bertz CT molecular complexity index is 577. The zero-order chi connectivity index (χ0) is 14.5.